The lowest BCUT2D eigenvalue weighted by atomic mass is 10.1. The molecular formula is C11H10BrN2O2+. The number of hydrazine groups is 1. The monoisotopic (exact) mass is 281 g/mol. The van der Waals surface area contributed by atoms with Crippen LogP contribution < -0.4 is 16.6 Å². The van der Waals surface area contributed by atoms with E-state index in [1.54, 1.807) is 6.21 Å². The number of nitrogens with two attached hydrogens (primary N) is 1. The lowest BCUT2D eigenvalue weighted by Crippen LogP contribution is -2.76. The van der Waals surface area contributed by atoms with Crippen LogP contribution in [-0.2, 0) is 0 Å². The van der Waals surface area contributed by atoms with Gasteiger partial charge in [0.25, 0.3) is 0 Å². The Hall–Kier alpha value is -1.62. The molecule has 0 radical (unpaired) electrons. The van der Waals surface area contributed by atoms with Crippen LogP contribution in [0.5, 0.6) is 0 Å². The van der Waals surface area contributed by atoms with E-state index in [0.717, 1.165) is 15.4 Å². The molecule has 4 nitrogen and oxygen atoms in total. The van der Waals surface area contributed by atoms with Crippen molar-refractivity contribution < 1.29 is 9.52 Å². The van der Waals surface area contributed by atoms with Gasteiger partial charge in [-0.05, 0) is 24.6 Å². The van der Waals surface area contributed by atoms with Gasteiger partial charge in [-0.3, -0.25) is 0 Å². The number of hydrazone groups is 1. The maximum Gasteiger partial charge on any atom is 0.337 e. The first-order valence-electron chi connectivity index (χ1n) is 4.65. The Morgan fingerprint density at radius 3 is 2.88 bits per heavy atom. The van der Waals surface area contributed by atoms with E-state index in [1.807, 2.05) is 19.1 Å². The molecule has 0 saturated carbocycles. The van der Waals surface area contributed by atoms with E-state index in [2.05, 4.69) is 21.0 Å². The molecule has 1 heterocycles. The molecule has 0 unspecified atom stereocenters. The van der Waals surface area contributed by atoms with Crippen molar-refractivity contribution in [3.05, 3.63) is 44.2 Å². The number of aryl methyl sites for hydroxylation is 1. The third-order valence-corrected chi connectivity index (χ3v) is 3.15. The molecule has 0 atom stereocenters. The third-order valence-electron chi connectivity index (χ3n) is 2.29. The van der Waals surface area contributed by atoms with E-state index in [4.69, 9.17) is 10.3 Å². The number of halogens is 1. The number of hydrogen-bond acceptors (Lipinski definition) is 3. The van der Waals surface area contributed by atoms with Crippen LogP contribution in [0.3, 0.4) is 0 Å². The van der Waals surface area contributed by atoms with Crippen molar-refractivity contribution in [1.82, 2.24) is 0 Å². The first-order valence-corrected chi connectivity index (χ1v) is 5.44. The number of hydrogen-bond donors (Lipinski definition) is 2. The average molecular weight is 282 g/mol. The van der Waals surface area contributed by atoms with Crippen LogP contribution in [0, 0.1) is 6.92 Å². The highest BCUT2D eigenvalue weighted by atomic mass is 79.9. The second kappa shape index (κ2) is 4.09. The summed E-state index contributed by atoms with van der Waals surface area (Å²) in [4.78, 5) is 11.3. The van der Waals surface area contributed by atoms with E-state index in [-0.39, 0.29) is 0 Å². The molecule has 2 rings (SSSR count). The van der Waals surface area contributed by atoms with Crippen LogP contribution in [0.2, 0.25) is 0 Å². The summed E-state index contributed by atoms with van der Waals surface area (Å²) in [7, 11) is 0. The zero-order chi connectivity index (χ0) is 11.7. The Kier molecular flexibility index (Phi) is 2.78. The van der Waals surface area contributed by atoms with Crippen molar-refractivity contribution >= 4 is 33.1 Å². The molecular weight excluding hydrogens is 272 g/mol. The summed E-state index contributed by atoms with van der Waals surface area (Å²) >= 11 is 3.43. The fourth-order valence-electron chi connectivity index (χ4n) is 1.52. The first-order chi connectivity index (χ1) is 7.61. The van der Waals surface area contributed by atoms with Crippen molar-refractivity contribution in [2.24, 2.45) is 5.84 Å². The Morgan fingerprint density at radius 1 is 1.44 bits per heavy atom. The summed E-state index contributed by atoms with van der Waals surface area (Å²) in [5.74, 6) is 5.22. The number of nitrogens with one attached hydrogen (secondary N) is 1. The summed E-state index contributed by atoms with van der Waals surface area (Å²) in [5, 5.41) is 3.25. The van der Waals surface area contributed by atoms with Gasteiger partial charge in [0.2, 0.25) is 0 Å². The second-order valence-corrected chi connectivity index (χ2v) is 4.28. The van der Waals surface area contributed by atoms with Gasteiger partial charge in [0.1, 0.15) is 5.58 Å². The van der Waals surface area contributed by atoms with Gasteiger partial charge >= 0.3 is 5.63 Å². The SMILES string of the molecule is Cc1cc2oc(=O)cc(C=[NH+]N)c2cc1Br. The van der Waals surface area contributed by atoms with Crippen LogP contribution in [0.15, 0.2) is 31.9 Å². The summed E-state index contributed by atoms with van der Waals surface area (Å²) in [6, 6.07) is 5.11. The van der Waals surface area contributed by atoms with Gasteiger partial charge in [-0.15, -0.1) is 5.10 Å². The first kappa shape index (κ1) is 10.9. The molecule has 0 bridgehead atoms. The van der Waals surface area contributed by atoms with Gasteiger partial charge in [0, 0.05) is 15.9 Å². The predicted octanol–water partition coefficient (Wildman–Crippen LogP) is 0.237. The Labute approximate surface area is 99.9 Å². The molecule has 0 fully saturated rings. The Balaban J connectivity index is 2.90. The average Bonchev–Trinajstić information content (AvgIpc) is 2.21. The van der Waals surface area contributed by atoms with Gasteiger partial charge in [-0.2, -0.15) is 0 Å². The van der Waals surface area contributed by atoms with Gasteiger partial charge in [0.15, 0.2) is 6.21 Å². The fourth-order valence-corrected chi connectivity index (χ4v) is 1.86. The van der Waals surface area contributed by atoms with Crippen molar-refractivity contribution in [3.8, 4) is 0 Å². The van der Waals surface area contributed by atoms with Gasteiger partial charge < -0.3 is 4.42 Å². The smallest absolute Gasteiger partial charge is 0.337 e. The van der Waals surface area contributed by atoms with Crippen LogP contribution >= 0.6 is 15.9 Å². The maximum absolute atomic E-state index is 11.3. The Morgan fingerprint density at radius 2 is 2.19 bits per heavy atom. The van der Waals surface area contributed by atoms with E-state index < -0.39 is 5.63 Å². The Bertz CT molecular complexity index is 632. The van der Waals surface area contributed by atoms with Crippen LogP contribution in [0.1, 0.15) is 11.1 Å². The fraction of sp³-hybridized carbons (Fsp3) is 0.0909. The number of rotatable bonds is 1. The highest BCUT2D eigenvalue weighted by Gasteiger charge is 2.08. The molecule has 3 N–H and O–H groups in total. The van der Waals surface area contributed by atoms with E-state index in [9.17, 15) is 4.79 Å². The highest BCUT2D eigenvalue weighted by molar-refractivity contribution is 9.10. The molecule has 0 spiro atoms. The molecule has 1 aromatic heterocycles. The molecule has 82 valence electrons. The summed E-state index contributed by atoms with van der Waals surface area (Å²) in [6.07, 6.45) is 1.56. The minimum Gasteiger partial charge on any atom is -0.423 e. The van der Waals surface area contributed by atoms with E-state index >= 15 is 0 Å². The summed E-state index contributed by atoms with van der Waals surface area (Å²) in [5.41, 5.74) is 1.87. The summed E-state index contributed by atoms with van der Waals surface area (Å²) in [6.45, 7) is 1.93. The highest BCUT2D eigenvalue weighted by Crippen LogP contribution is 2.24. The van der Waals surface area contributed by atoms with Crippen LogP contribution in [-0.4, -0.2) is 6.21 Å². The molecule has 0 saturated heterocycles. The maximum atomic E-state index is 11.3. The zero-order valence-electron chi connectivity index (χ0n) is 8.58. The van der Waals surface area contributed by atoms with Crippen LogP contribution in [0.25, 0.3) is 11.0 Å². The summed E-state index contributed by atoms with van der Waals surface area (Å²) < 4.78 is 6.08. The quantitative estimate of drug-likeness (QED) is 0.340. The number of fused-ring (bicyclic) bond motifs is 1. The molecule has 5 heteroatoms. The minimum absolute atomic E-state index is 0.393. The molecule has 0 amide bonds. The minimum atomic E-state index is -0.393. The largest absolute Gasteiger partial charge is 0.423 e. The topological polar surface area (TPSA) is 70.2 Å². The molecule has 2 aromatic rings. The third kappa shape index (κ3) is 1.86. The molecule has 0 aliphatic carbocycles. The predicted molar refractivity (Wildman–Crippen MR) is 65.2 cm³/mol. The van der Waals surface area contributed by atoms with Gasteiger partial charge in [-0.25, -0.2) is 10.6 Å². The normalized spacial score (nSPS) is 11.4. The molecule has 1 aromatic carbocycles. The van der Waals surface area contributed by atoms with Gasteiger partial charge in [0.05, 0.1) is 5.56 Å². The zero-order valence-corrected chi connectivity index (χ0v) is 10.2. The van der Waals surface area contributed by atoms with E-state index in [1.165, 1.54) is 6.07 Å². The van der Waals surface area contributed by atoms with Crippen molar-refractivity contribution in [1.29, 1.82) is 0 Å². The molecule has 0 aliphatic heterocycles. The van der Waals surface area contributed by atoms with E-state index in [0.29, 0.717) is 11.1 Å². The van der Waals surface area contributed by atoms with Crippen LogP contribution in [0.4, 0.5) is 0 Å². The van der Waals surface area contributed by atoms with Crippen molar-refractivity contribution in [3.63, 3.8) is 0 Å². The lowest BCUT2D eigenvalue weighted by molar-refractivity contribution is -0.463. The standard InChI is InChI=1S/C11H9BrN2O2/c1-6-2-10-8(4-9(6)12)7(5-14-13)3-11(15)16-10/h2-5H,13H2,1H3/p+1. The molecule has 0 aliphatic rings. The number of benzene rings is 1. The lowest BCUT2D eigenvalue weighted by Gasteiger charge is -2.02. The molecule has 16 heavy (non-hydrogen) atoms. The van der Waals surface area contributed by atoms with Gasteiger partial charge in [-0.1, -0.05) is 15.9 Å². The second-order valence-electron chi connectivity index (χ2n) is 3.43. The van der Waals surface area contributed by atoms with Crippen molar-refractivity contribution in [2.75, 3.05) is 0 Å². The van der Waals surface area contributed by atoms with Crippen molar-refractivity contribution in [2.45, 2.75) is 6.92 Å².